The van der Waals surface area contributed by atoms with Crippen molar-refractivity contribution in [1.29, 1.82) is 0 Å². The van der Waals surface area contributed by atoms with Crippen LogP contribution in [0.3, 0.4) is 0 Å². The Morgan fingerprint density at radius 3 is 2.73 bits per heavy atom. The van der Waals surface area contributed by atoms with Gasteiger partial charge in [-0.3, -0.25) is 4.79 Å². The molecule has 1 amide bonds. The third-order valence-corrected chi connectivity index (χ3v) is 3.26. The minimum atomic E-state index is 0. The molecule has 120 valence electrons. The van der Waals surface area contributed by atoms with Crippen LogP contribution in [0, 0.1) is 0 Å². The Bertz CT molecular complexity index is 597. The molecule has 0 aromatic heterocycles. The second-order valence-electron chi connectivity index (χ2n) is 5.19. The van der Waals surface area contributed by atoms with E-state index in [-0.39, 0.29) is 24.4 Å². The first-order valence-electron chi connectivity index (χ1n) is 7.29. The second-order valence-corrected chi connectivity index (χ2v) is 5.19. The predicted octanol–water partition coefficient (Wildman–Crippen LogP) is 2.88. The number of carbonyl (C=O) groups excluding carboxylic acids is 1. The van der Waals surface area contributed by atoms with E-state index in [4.69, 9.17) is 10.5 Å². The van der Waals surface area contributed by atoms with Crippen molar-refractivity contribution >= 4 is 29.1 Å². The van der Waals surface area contributed by atoms with Gasteiger partial charge in [-0.2, -0.15) is 0 Å². The molecule has 1 unspecified atom stereocenters. The zero-order valence-electron chi connectivity index (χ0n) is 12.7. The first kappa shape index (κ1) is 18.3. The van der Waals surface area contributed by atoms with Gasteiger partial charge in [0.05, 0.1) is 6.54 Å². The van der Waals surface area contributed by atoms with Gasteiger partial charge in [0.15, 0.2) is 0 Å². The number of carbonyl (C=O) groups is 1. The molecule has 0 aliphatic heterocycles. The summed E-state index contributed by atoms with van der Waals surface area (Å²) in [6.07, 6.45) is 1.17. The number of fused-ring (bicyclic) bond motifs is 1. The molecule has 2 aromatic carbocycles. The van der Waals surface area contributed by atoms with Crippen LogP contribution in [0.4, 0.5) is 0 Å². The number of rotatable bonds is 7. The lowest BCUT2D eigenvalue weighted by atomic mass is 10.1. The molecule has 0 saturated carbocycles. The monoisotopic (exact) mass is 322 g/mol. The Morgan fingerprint density at radius 2 is 1.95 bits per heavy atom. The molecule has 22 heavy (non-hydrogen) atoms. The van der Waals surface area contributed by atoms with Gasteiger partial charge in [-0.25, -0.2) is 0 Å². The molecule has 2 rings (SSSR count). The van der Waals surface area contributed by atoms with Crippen LogP contribution in [0.2, 0.25) is 0 Å². The van der Waals surface area contributed by atoms with Gasteiger partial charge in [-0.05, 0) is 24.8 Å². The van der Waals surface area contributed by atoms with Crippen molar-refractivity contribution in [1.82, 2.24) is 5.32 Å². The fraction of sp³-hybridized carbons (Fsp3) is 0.353. The molecule has 0 radical (unpaired) electrons. The van der Waals surface area contributed by atoms with Crippen LogP contribution in [0.15, 0.2) is 42.5 Å². The van der Waals surface area contributed by atoms with Crippen molar-refractivity contribution in [2.24, 2.45) is 5.73 Å². The summed E-state index contributed by atoms with van der Waals surface area (Å²) in [5.74, 6) is 0.867. The normalized spacial score (nSPS) is 11.5. The summed E-state index contributed by atoms with van der Waals surface area (Å²) in [5.41, 5.74) is 5.62. The van der Waals surface area contributed by atoms with E-state index < -0.39 is 0 Å². The lowest BCUT2D eigenvalue weighted by molar-refractivity contribution is -0.121. The molecule has 0 aliphatic rings. The molecular formula is C17H23ClN2O2. The van der Waals surface area contributed by atoms with E-state index in [1.54, 1.807) is 0 Å². The van der Waals surface area contributed by atoms with Crippen molar-refractivity contribution < 1.29 is 9.53 Å². The number of hydrogen-bond donors (Lipinski definition) is 2. The molecule has 1 atom stereocenters. The number of nitrogens with one attached hydrogen (secondary N) is 1. The molecule has 0 spiro atoms. The van der Waals surface area contributed by atoms with Gasteiger partial charge >= 0.3 is 0 Å². The Morgan fingerprint density at radius 1 is 1.23 bits per heavy atom. The van der Waals surface area contributed by atoms with E-state index in [1.165, 1.54) is 0 Å². The van der Waals surface area contributed by atoms with Crippen molar-refractivity contribution in [3.05, 3.63) is 42.5 Å². The summed E-state index contributed by atoms with van der Waals surface area (Å²) in [6, 6.07) is 14.1. The highest BCUT2D eigenvalue weighted by Crippen LogP contribution is 2.24. The van der Waals surface area contributed by atoms with Crippen molar-refractivity contribution in [2.45, 2.75) is 25.8 Å². The average molecular weight is 323 g/mol. The summed E-state index contributed by atoms with van der Waals surface area (Å²) >= 11 is 0. The lowest BCUT2D eigenvalue weighted by Crippen LogP contribution is -2.29. The maximum atomic E-state index is 11.5. The Kier molecular flexibility index (Phi) is 7.71. The maximum Gasteiger partial charge on any atom is 0.220 e. The van der Waals surface area contributed by atoms with Crippen molar-refractivity contribution in [2.75, 3.05) is 13.2 Å². The zero-order valence-corrected chi connectivity index (χ0v) is 13.6. The van der Waals surface area contributed by atoms with E-state index >= 15 is 0 Å². The molecule has 5 heteroatoms. The average Bonchev–Trinajstić information content (AvgIpc) is 2.49. The van der Waals surface area contributed by atoms with Crippen LogP contribution in [0.5, 0.6) is 5.75 Å². The van der Waals surface area contributed by atoms with Crippen molar-refractivity contribution in [3.63, 3.8) is 0 Å². The van der Waals surface area contributed by atoms with Gasteiger partial charge in [-0.1, -0.05) is 36.4 Å². The largest absolute Gasteiger partial charge is 0.491 e. The Hall–Kier alpha value is -1.78. The second kappa shape index (κ2) is 9.28. The van der Waals surface area contributed by atoms with E-state index in [2.05, 4.69) is 17.4 Å². The van der Waals surface area contributed by atoms with Gasteiger partial charge in [0, 0.05) is 17.8 Å². The zero-order chi connectivity index (χ0) is 15.1. The molecule has 0 aliphatic carbocycles. The molecule has 4 nitrogen and oxygen atoms in total. The topological polar surface area (TPSA) is 64.4 Å². The van der Waals surface area contributed by atoms with Crippen molar-refractivity contribution in [3.8, 4) is 5.75 Å². The number of benzene rings is 2. The number of hydrogen-bond acceptors (Lipinski definition) is 3. The molecule has 3 N–H and O–H groups in total. The number of amides is 1. The van der Waals surface area contributed by atoms with Crippen LogP contribution < -0.4 is 15.8 Å². The molecule has 0 saturated heterocycles. The van der Waals surface area contributed by atoms with Crippen LogP contribution in [0.1, 0.15) is 19.8 Å². The minimum Gasteiger partial charge on any atom is -0.491 e. The summed E-state index contributed by atoms with van der Waals surface area (Å²) in [5, 5.41) is 5.07. The predicted molar refractivity (Wildman–Crippen MR) is 92.6 cm³/mol. The highest BCUT2D eigenvalue weighted by molar-refractivity contribution is 5.88. The standard InChI is InChI=1S/C17H22N2O2.ClH/c1-13(18)9-10-17(20)19-11-12-21-16-8-4-6-14-5-2-3-7-15(14)16;/h2-8,13H,9-12,18H2,1H3,(H,19,20);1H. The number of ether oxygens (including phenoxy) is 1. The SMILES string of the molecule is CC(N)CCC(=O)NCCOc1cccc2ccccc12.Cl. The van der Waals surface area contributed by atoms with E-state index in [1.807, 2.05) is 37.3 Å². The van der Waals surface area contributed by atoms with Gasteiger partial charge < -0.3 is 15.8 Å². The summed E-state index contributed by atoms with van der Waals surface area (Å²) in [6.45, 7) is 2.86. The minimum absolute atomic E-state index is 0. The number of nitrogens with two attached hydrogens (primary N) is 1. The molecule has 0 bridgehead atoms. The van der Waals surface area contributed by atoms with E-state index in [9.17, 15) is 4.79 Å². The summed E-state index contributed by atoms with van der Waals surface area (Å²) < 4.78 is 5.76. The van der Waals surface area contributed by atoms with E-state index in [0.717, 1.165) is 16.5 Å². The smallest absolute Gasteiger partial charge is 0.220 e. The highest BCUT2D eigenvalue weighted by atomic mass is 35.5. The van der Waals surface area contributed by atoms with Crippen LogP contribution >= 0.6 is 12.4 Å². The van der Waals surface area contributed by atoms with Gasteiger partial charge in [0.1, 0.15) is 12.4 Å². The quantitative estimate of drug-likeness (QED) is 0.770. The van der Waals surface area contributed by atoms with Gasteiger partial charge in [0.2, 0.25) is 5.91 Å². The van der Waals surface area contributed by atoms with Crippen LogP contribution in [-0.2, 0) is 4.79 Å². The van der Waals surface area contributed by atoms with Crippen LogP contribution in [-0.4, -0.2) is 25.1 Å². The van der Waals surface area contributed by atoms with Crippen LogP contribution in [0.25, 0.3) is 10.8 Å². The molecule has 2 aromatic rings. The number of halogens is 1. The third-order valence-electron chi connectivity index (χ3n) is 3.26. The molecule has 0 heterocycles. The van der Waals surface area contributed by atoms with Gasteiger partial charge in [-0.15, -0.1) is 12.4 Å². The third kappa shape index (κ3) is 5.54. The Balaban J connectivity index is 0.00000242. The Labute approximate surface area is 137 Å². The highest BCUT2D eigenvalue weighted by Gasteiger charge is 2.04. The van der Waals surface area contributed by atoms with E-state index in [0.29, 0.717) is 26.0 Å². The lowest BCUT2D eigenvalue weighted by Gasteiger charge is -2.10. The first-order valence-corrected chi connectivity index (χ1v) is 7.29. The maximum absolute atomic E-state index is 11.5. The fourth-order valence-corrected chi connectivity index (χ4v) is 2.12. The van der Waals surface area contributed by atoms with Gasteiger partial charge in [0.25, 0.3) is 0 Å². The summed E-state index contributed by atoms with van der Waals surface area (Å²) in [7, 11) is 0. The summed E-state index contributed by atoms with van der Waals surface area (Å²) in [4.78, 5) is 11.5. The first-order chi connectivity index (χ1) is 10.2. The molecule has 0 fully saturated rings. The molecular weight excluding hydrogens is 300 g/mol. The fourth-order valence-electron chi connectivity index (χ4n) is 2.12.